The molecule has 5 nitrogen and oxygen atoms in total. The Labute approximate surface area is 361 Å². The van der Waals surface area contributed by atoms with Crippen LogP contribution in [0.3, 0.4) is 0 Å². The van der Waals surface area contributed by atoms with Gasteiger partial charge in [-0.2, -0.15) is 0 Å². The largest absolute Gasteiger partial charge is 0.456 e. The quantitative estimate of drug-likeness (QED) is 0.168. The molecule has 4 heterocycles. The monoisotopic (exact) mass is 805 g/mol. The molecule has 0 aliphatic carbocycles. The molecule has 294 valence electrons. The van der Waals surface area contributed by atoms with Gasteiger partial charge in [0.1, 0.15) is 28.0 Å². The second-order valence-corrected chi connectivity index (χ2v) is 16.1. The van der Waals surface area contributed by atoms with Crippen molar-refractivity contribution in [1.82, 2.24) is 14.5 Å². The molecule has 0 saturated heterocycles. The van der Waals surface area contributed by atoms with E-state index < -0.39 is 0 Å². The Bertz CT molecular complexity index is 3880. The van der Waals surface area contributed by atoms with Crippen molar-refractivity contribution in [2.24, 2.45) is 0 Å². The van der Waals surface area contributed by atoms with Crippen LogP contribution in [0.4, 0.5) is 0 Å². The van der Waals surface area contributed by atoms with E-state index in [1.165, 1.54) is 27.4 Å². The topological polar surface area (TPSA) is 57.0 Å². The number of aromatic nitrogens is 3. The number of benzene rings is 9. The first kappa shape index (κ1) is 35.2. The molecule has 0 bridgehead atoms. The van der Waals surface area contributed by atoms with Crippen LogP contribution in [0.25, 0.3) is 128 Å². The summed E-state index contributed by atoms with van der Waals surface area (Å²) in [6.45, 7) is 0. The summed E-state index contributed by atoms with van der Waals surface area (Å²) >= 11 is 0. The van der Waals surface area contributed by atoms with E-state index >= 15 is 0 Å². The summed E-state index contributed by atoms with van der Waals surface area (Å²) in [6, 6.07) is 74.5. The molecule has 0 unspecified atom stereocenters. The molecule has 0 N–H and O–H groups in total. The van der Waals surface area contributed by atoms with Gasteiger partial charge in [-0.05, 0) is 94.0 Å². The lowest BCUT2D eigenvalue weighted by Crippen LogP contribution is -1.94. The van der Waals surface area contributed by atoms with Crippen molar-refractivity contribution >= 4 is 65.8 Å². The van der Waals surface area contributed by atoms with Gasteiger partial charge in [0.2, 0.25) is 0 Å². The summed E-state index contributed by atoms with van der Waals surface area (Å²) in [4.78, 5) is 10.5. The van der Waals surface area contributed by atoms with E-state index in [4.69, 9.17) is 18.8 Å². The second kappa shape index (κ2) is 14.0. The number of rotatable bonds is 6. The van der Waals surface area contributed by atoms with Gasteiger partial charge in [0.05, 0.1) is 11.0 Å². The minimum absolute atomic E-state index is 0.637. The molecule has 9 aromatic carbocycles. The second-order valence-electron chi connectivity index (χ2n) is 16.1. The zero-order chi connectivity index (χ0) is 41.4. The molecule has 0 fully saturated rings. The lowest BCUT2D eigenvalue weighted by atomic mass is 9.97. The first-order valence-electron chi connectivity index (χ1n) is 21.2. The van der Waals surface area contributed by atoms with Crippen LogP contribution in [0.2, 0.25) is 0 Å². The SMILES string of the molecule is c1ccc(-c2ccc3oc4c(-c5cccc6oc7ccc(-c8ccc(-c9ccc%10c(c9)c9ccccc9n%10-c9ccccc9)cc8)cc7c56)nc(-c5ccccc5)nc4c3c2)cc1. The van der Waals surface area contributed by atoms with E-state index in [0.29, 0.717) is 11.4 Å². The first-order chi connectivity index (χ1) is 31.2. The van der Waals surface area contributed by atoms with Gasteiger partial charge in [-0.3, -0.25) is 0 Å². The lowest BCUT2D eigenvalue weighted by Gasteiger charge is -2.09. The van der Waals surface area contributed by atoms with E-state index in [1.54, 1.807) is 0 Å². The highest BCUT2D eigenvalue weighted by Crippen LogP contribution is 2.43. The molecule has 0 aliphatic rings. The fourth-order valence-corrected chi connectivity index (χ4v) is 9.42. The Balaban J connectivity index is 0.930. The number of nitrogens with zero attached hydrogens (tertiary/aromatic N) is 3. The van der Waals surface area contributed by atoms with Crippen LogP contribution < -0.4 is 0 Å². The van der Waals surface area contributed by atoms with Gasteiger partial charge >= 0.3 is 0 Å². The van der Waals surface area contributed by atoms with Crippen molar-refractivity contribution in [2.45, 2.75) is 0 Å². The Morgan fingerprint density at radius 2 is 0.905 bits per heavy atom. The van der Waals surface area contributed by atoms with Crippen LogP contribution in [0.15, 0.2) is 221 Å². The highest BCUT2D eigenvalue weighted by Gasteiger charge is 2.23. The maximum Gasteiger partial charge on any atom is 0.180 e. The number of para-hydroxylation sites is 2. The minimum atomic E-state index is 0.637. The number of fused-ring (bicyclic) bond motifs is 9. The number of hydrogen-bond donors (Lipinski definition) is 0. The summed E-state index contributed by atoms with van der Waals surface area (Å²) in [6.07, 6.45) is 0. The summed E-state index contributed by atoms with van der Waals surface area (Å²) in [5.74, 6) is 0.637. The zero-order valence-corrected chi connectivity index (χ0v) is 33.9. The molecule has 5 heteroatoms. The highest BCUT2D eigenvalue weighted by atomic mass is 16.3. The van der Waals surface area contributed by atoms with E-state index in [0.717, 1.165) is 88.7 Å². The average molecular weight is 806 g/mol. The minimum Gasteiger partial charge on any atom is -0.456 e. The lowest BCUT2D eigenvalue weighted by molar-refractivity contribution is 0.667. The highest BCUT2D eigenvalue weighted by molar-refractivity contribution is 6.17. The molecule has 0 radical (unpaired) electrons. The molecule has 0 spiro atoms. The molecule has 0 atom stereocenters. The van der Waals surface area contributed by atoms with Gasteiger partial charge in [0, 0.05) is 43.7 Å². The molecular formula is C58H35N3O2. The normalized spacial score (nSPS) is 11.8. The van der Waals surface area contributed by atoms with Crippen LogP contribution in [0, 0.1) is 0 Å². The summed E-state index contributed by atoms with van der Waals surface area (Å²) < 4.78 is 15.6. The third-order valence-electron chi connectivity index (χ3n) is 12.4. The smallest absolute Gasteiger partial charge is 0.180 e. The van der Waals surface area contributed by atoms with Crippen molar-refractivity contribution in [3.05, 3.63) is 212 Å². The summed E-state index contributed by atoms with van der Waals surface area (Å²) in [5.41, 5.74) is 16.7. The van der Waals surface area contributed by atoms with Gasteiger partial charge in [0.25, 0.3) is 0 Å². The van der Waals surface area contributed by atoms with Crippen LogP contribution in [0.5, 0.6) is 0 Å². The zero-order valence-electron chi connectivity index (χ0n) is 33.9. The molecule has 4 aromatic heterocycles. The molecule has 13 rings (SSSR count). The van der Waals surface area contributed by atoms with Gasteiger partial charge in [-0.25, -0.2) is 9.97 Å². The van der Waals surface area contributed by atoms with Crippen molar-refractivity contribution in [1.29, 1.82) is 0 Å². The third-order valence-corrected chi connectivity index (χ3v) is 12.4. The van der Waals surface area contributed by atoms with Crippen LogP contribution in [0.1, 0.15) is 0 Å². The van der Waals surface area contributed by atoms with Gasteiger partial charge in [-0.1, -0.05) is 152 Å². The average Bonchev–Trinajstić information content (AvgIpc) is 4.03. The summed E-state index contributed by atoms with van der Waals surface area (Å²) in [5, 5.41) is 5.42. The Kier molecular flexibility index (Phi) is 7.84. The van der Waals surface area contributed by atoms with Crippen LogP contribution in [-0.4, -0.2) is 14.5 Å². The van der Waals surface area contributed by atoms with Gasteiger partial charge in [0.15, 0.2) is 11.4 Å². The van der Waals surface area contributed by atoms with E-state index in [9.17, 15) is 0 Å². The van der Waals surface area contributed by atoms with Crippen molar-refractivity contribution < 1.29 is 8.83 Å². The Morgan fingerprint density at radius 3 is 1.63 bits per heavy atom. The predicted octanol–water partition coefficient (Wildman–Crippen LogP) is 15.7. The van der Waals surface area contributed by atoms with Gasteiger partial charge in [-0.15, -0.1) is 0 Å². The Hall–Kier alpha value is -8.54. The standard InChI is InChI=1S/C58H35N3O2/c1-4-13-36(14-5-1)42-29-32-52-48(35-42)56-57(63-52)55(59-58(60-56)39-15-6-2-7-16-39)45-20-12-22-53-54(45)47-34-41(28-31-51(47)62-53)38-25-23-37(24-26-38)40-27-30-50-46(33-40)44-19-10-11-21-49(44)61(50)43-17-8-3-9-18-43/h1-35H. The first-order valence-corrected chi connectivity index (χ1v) is 21.2. The molecule has 63 heavy (non-hydrogen) atoms. The van der Waals surface area contributed by atoms with E-state index in [1.807, 2.05) is 42.5 Å². The predicted molar refractivity (Wildman–Crippen MR) is 258 cm³/mol. The van der Waals surface area contributed by atoms with E-state index in [2.05, 4.69) is 174 Å². The maximum atomic E-state index is 6.71. The van der Waals surface area contributed by atoms with E-state index in [-0.39, 0.29) is 0 Å². The number of furan rings is 2. The maximum absolute atomic E-state index is 6.71. The molecular weight excluding hydrogens is 771 g/mol. The van der Waals surface area contributed by atoms with Crippen molar-refractivity contribution in [3.8, 4) is 61.7 Å². The van der Waals surface area contributed by atoms with Crippen molar-refractivity contribution in [3.63, 3.8) is 0 Å². The summed E-state index contributed by atoms with van der Waals surface area (Å²) in [7, 11) is 0. The van der Waals surface area contributed by atoms with Crippen molar-refractivity contribution in [2.75, 3.05) is 0 Å². The molecule has 0 amide bonds. The fraction of sp³-hybridized carbons (Fsp3) is 0. The molecule has 0 saturated carbocycles. The van der Waals surface area contributed by atoms with Crippen LogP contribution in [-0.2, 0) is 0 Å². The third kappa shape index (κ3) is 5.71. The van der Waals surface area contributed by atoms with Crippen LogP contribution >= 0.6 is 0 Å². The van der Waals surface area contributed by atoms with Gasteiger partial charge < -0.3 is 13.4 Å². The fourth-order valence-electron chi connectivity index (χ4n) is 9.42. The Morgan fingerprint density at radius 1 is 0.349 bits per heavy atom. The molecule has 0 aliphatic heterocycles. The number of hydrogen-bond acceptors (Lipinski definition) is 4. The molecule has 13 aromatic rings.